The average Bonchev–Trinajstić information content (AvgIpc) is 2.24. The van der Waals surface area contributed by atoms with Crippen LogP contribution in [-0.2, 0) is 11.2 Å². The number of nitrogens with zero attached hydrogens (tertiary/aromatic N) is 1. The molecule has 86 valence electrons. The van der Waals surface area contributed by atoms with E-state index in [1.165, 1.54) is 11.1 Å². The minimum atomic E-state index is 0.229. The van der Waals surface area contributed by atoms with Gasteiger partial charge in [0.05, 0.1) is 0 Å². The van der Waals surface area contributed by atoms with Crippen LogP contribution in [0.25, 0.3) is 0 Å². The predicted molar refractivity (Wildman–Crippen MR) is 64.2 cm³/mol. The largest absolute Gasteiger partial charge is 0.299 e. The Kier molecular flexibility index (Phi) is 3.37. The molecule has 0 amide bonds. The molecule has 2 heteroatoms. The molecule has 2 nitrogen and oxygen atoms in total. The molecule has 0 bridgehead atoms. The van der Waals surface area contributed by atoms with Gasteiger partial charge in [-0.05, 0) is 43.2 Å². The van der Waals surface area contributed by atoms with E-state index in [0.717, 1.165) is 25.7 Å². The summed E-state index contributed by atoms with van der Waals surface area (Å²) in [4.78, 5) is 16.0. The van der Waals surface area contributed by atoms with E-state index < -0.39 is 0 Å². The lowest BCUT2D eigenvalue weighted by Gasteiger charge is -2.25. The summed E-state index contributed by atoms with van der Waals surface area (Å²) < 4.78 is 0. The van der Waals surface area contributed by atoms with E-state index in [0.29, 0.717) is 11.7 Å². The van der Waals surface area contributed by atoms with Crippen molar-refractivity contribution in [1.82, 2.24) is 4.98 Å². The molecule has 0 aromatic carbocycles. The zero-order valence-electron chi connectivity index (χ0n) is 10.1. The molecule has 16 heavy (non-hydrogen) atoms. The molecule has 0 radical (unpaired) electrons. The number of aromatic nitrogens is 1. The highest BCUT2D eigenvalue weighted by molar-refractivity contribution is 5.82. The molecule has 1 aromatic rings. The zero-order chi connectivity index (χ0) is 11.5. The summed E-state index contributed by atoms with van der Waals surface area (Å²) in [6, 6.07) is 2.14. The van der Waals surface area contributed by atoms with Gasteiger partial charge in [-0.25, -0.2) is 0 Å². The predicted octanol–water partition coefficient (Wildman–Crippen LogP) is 2.94. The third-order valence-corrected chi connectivity index (χ3v) is 3.44. The molecule has 2 unspecified atom stereocenters. The number of carbonyl (C=O) groups is 1. The van der Waals surface area contributed by atoms with Gasteiger partial charge in [0, 0.05) is 24.7 Å². The summed E-state index contributed by atoms with van der Waals surface area (Å²) in [5.74, 6) is 1.37. The maximum Gasteiger partial charge on any atom is 0.136 e. The molecular weight excluding hydrogens is 198 g/mol. The maximum absolute atomic E-state index is 11.8. The van der Waals surface area contributed by atoms with Crippen LogP contribution < -0.4 is 0 Å². The van der Waals surface area contributed by atoms with Gasteiger partial charge in [-0.1, -0.05) is 13.0 Å². The SMILES string of the molecule is Cc1cncc(CC2CC(C)CCC2=O)c1. The quantitative estimate of drug-likeness (QED) is 0.762. The summed E-state index contributed by atoms with van der Waals surface area (Å²) in [5, 5.41) is 0. The normalized spacial score (nSPS) is 25.8. The van der Waals surface area contributed by atoms with E-state index in [9.17, 15) is 4.79 Å². The van der Waals surface area contributed by atoms with Gasteiger partial charge in [0.2, 0.25) is 0 Å². The first-order chi connectivity index (χ1) is 7.65. The van der Waals surface area contributed by atoms with E-state index in [1.807, 2.05) is 19.3 Å². The monoisotopic (exact) mass is 217 g/mol. The fraction of sp³-hybridized carbons (Fsp3) is 0.571. The van der Waals surface area contributed by atoms with E-state index in [2.05, 4.69) is 18.0 Å². The van der Waals surface area contributed by atoms with Crippen LogP contribution in [-0.4, -0.2) is 10.8 Å². The van der Waals surface area contributed by atoms with Crippen molar-refractivity contribution in [2.75, 3.05) is 0 Å². The molecule has 1 aromatic heterocycles. The second-order valence-electron chi connectivity index (χ2n) is 5.12. The first kappa shape index (κ1) is 11.3. The number of Topliss-reactive ketones (excluding diaryl/α,β-unsaturated/α-hetero) is 1. The van der Waals surface area contributed by atoms with Gasteiger partial charge in [-0.15, -0.1) is 0 Å². The molecular formula is C14H19NO. The van der Waals surface area contributed by atoms with Crippen molar-refractivity contribution in [3.8, 4) is 0 Å². The molecule has 2 rings (SSSR count). The van der Waals surface area contributed by atoms with Crippen LogP contribution in [0.15, 0.2) is 18.5 Å². The Morgan fingerprint density at radius 3 is 3.00 bits per heavy atom. The van der Waals surface area contributed by atoms with Crippen molar-refractivity contribution in [2.45, 2.75) is 39.5 Å². The highest BCUT2D eigenvalue weighted by Gasteiger charge is 2.26. The minimum absolute atomic E-state index is 0.229. The van der Waals surface area contributed by atoms with E-state index in [1.54, 1.807) is 0 Å². The minimum Gasteiger partial charge on any atom is -0.299 e. The van der Waals surface area contributed by atoms with Crippen LogP contribution in [0.2, 0.25) is 0 Å². The second kappa shape index (κ2) is 4.77. The first-order valence-electron chi connectivity index (χ1n) is 6.08. The second-order valence-corrected chi connectivity index (χ2v) is 5.12. The molecule has 2 atom stereocenters. The van der Waals surface area contributed by atoms with Crippen LogP contribution in [0.4, 0.5) is 0 Å². The van der Waals surface area contributed by atoms with Crippen molar-refractivity contribution < 1.29 is 4.79 Å². The lowest BCUT2D eigenvalue weighted by molar-refractivity contribution is -0.125. The number of hydrogen-bond acceptors (Lipinski definition) is 2. The maximum atomic E-state index is 11.8. The lowest BCUT2D eigenvalue weighted by atomic mass is 9.78. The summed E-state index contributed by atoms with van der Waals surface area (Å²) >= 11 is 0. The molecule has 0 aliphatic heterocycles. The lowest BCUT2D eigenvalue weighted by Crippen LogP contribution is -2.25. The number of pyridine rings is 1. The van der Waals surface area contributed by atoms with Gasteiger partial charge in [0.1, 0.15) is 5.78 Å². The molecule has 1 fully saturated rings. The molecule has 0 saturated heterocycles. The Morgan fingerprint density at radius 2 is 2.25 bits per heavy atom. The summed E-state index contributed by atoms with van der Waals surface area (Å²) in [7, 11) is 0. The van der Waals surface area contributed by atoms with Gasteiger partial charge in [0.15, 0.2) is 0 Å². The molecule has 0 spiro atoms. The van der Waals surface area contributed by atoms with Crippen molar-refractivity contribution in [3.63, 3.8) is 0 Å². The average molecular weight is 217 g/mol. The Labute approximate surface area is 97.1 Å². The molecule has 1 aliphatic rings. The number of hydrogen-bond donors (Lipinski definition) is 0. The van der Waals surface area contributed by atoms with Gasteiger partial charge in [-0.3, -0.25) is 9.78 Å². The van der Waals surface area contributed by atoms with Gasteiger partial charge < -0.3 is 0 Å². The topological polar surface area (TPSA) is 30.0 Å². The number of ketones is 1. The summed E-state index contributed by atoms with van der Waals surface area (Å²) in [5.41, 5.74) is 2.38. The van der Waals surface area contributed by atoms with Crippen molar-refractivity contribution in [3.05, 3.63) is 29.6 Å². The van der Waals surface area contributed by atoms with Crippen LogP contribution in [0.5, 0.6) is 0 Å². The fourth-order valence-electron chi connectivity index (χ4n) is 2.54. The Balaban J connectivity index is 2.05. The molecule has 1 saturated carbocycles. The van der Waals surface area contributed by atoms with Crippen molar-refractivity contribution >= 4 is 5.78 Å². The van der Waals surface area contributed by atoms with E-state index >= 15 is 0 Å². The number of rotatable bonds is 2. The number of aryl methyl sites for hydroxylation is 1. The standard InChI is InChI=1S/C14H19NO/c1-10-3-4-14(16)13(6-10)7-12-5-11(2)8-15-9-12/h5,8-10,13H,3-4,6-7H2,1-2H3. The van der Waals surface area contributed by atoms with Crippen molar-refractivity contribution in [1.29, 1.82) is 0 Å². The van der Waals surface area contributed by atoms with Gasteiger partial charge in [-0.2, -0.15) is 0 Å². The van der Waals surface area contributed by atoms with Crippen molar-refractivity contribution in [2.24, 2.45) is 11.8 Å². The van der Waals surface area contributed by atoms with Gasteiger partial charge in [0.25, 0.3) is 0 Å². The Bertz CT molecular complexity index is 386. The van der Waals surface area contributed by atoms with E-state index in [-0.39, 0.29) is 5.92 Å². The van der Waals surface area contributed by atoms with Crippen LogP contribution >= 0.6 is 0 Å². The van der Waals surface area contributed by atoms with Crippen LogP contribution in [0.3, 0.4) is 0 Å². The van der Waals surface area contributed by atoms with E-state index in [4.69, 9.17) is 0 Å². The smallest absolute Gasteiger partial charge is 0.136 e. The van der Waals surface area contributed by atoms with Gasteiger partial charge >= 0.3 is 0 Å². The first-order valence-corrected chi connectivity index (χ1v) is 6.08. The summed E-state index contributed by atoms with van der Waals surface area (Å²) in [6.45, 7) is 4.29. The fourth-order valence-corrected chi connectivity index (χ4v) is 2.54. The zero-order valence-corrected chi connectivity index (χ0v) is 10.1. The molecule has 1 heterocycles. The highest BCUT2D eigenvalue weighted by atomic mass is 16.1. The van der Waals surface area contributed by atoms with Crippen LogP contribution in [0, 0.1) is 18.8 Å². The third kappa shape index (κ3) is 2.69. The third-order valence-electron chi connectivity index (χ3n) is 3.44. The Morgan fingerprint density at radius 1 is 1.44 bits per heavy atom. The number of carbonyl (C=O) groups excluding carboxylic acids is 1. The van der Waals surface area contributed by atoms with Crippen LogP contribution in [0.1, 0.15) is 37.3 Å². The Hall–Kier alpha value is -1.18. The highest BCUT2D eigenvalue weighted by Crippen LogP contribution is 2.28. The molecule has 1 aliphatic carbocycles. The summed E-state index contributed by atoms with van der Waals surface area (Å²) in [6.07, 6.45) is 7.51. The molecule has 0 N–H and O–H groups in total.